The monoisotopic (exact) mass is 271 g/mol. The van der Waals surface area contributed by atoms with Gasteiger partial charge in [0.15, 0.2) is 5.69 Å². The number of rotatable bonds is 2. The van der Waals surface area contributed by atoms with E-state index >= 15 is 0 Å². The molecule has 7 heteroatoms. The minimum Gasteiger partial charge on any atom is -0.398 e. The molecule has 0 unspecified atom stereocenters. The van der Waals surface area contributed by atoms with E-state index in [0.717, 1.165) is 11.0 Å². The second-order valence-electron chi connectivity index (χ2n) is 3.39. The molecule has 0 bridgehead atoms. The molecule has 0 aliphatic rings. The number of alkyl halides is 3. The Morgan fingerprint density at radius 3 is 2.28 bits per heavy atom. The Kier molecular flexibility index (Phi) is 3.42. The third kappa shape index (κ3) is 2.92. The number of nitrogens with zero attached hydrogens (tertiary/aromatic N) is 2. The number of nitrogens with two attached hydrogens (primary N) is 1. The van der Waals surface area contributed by atoms with Gasteiger partial charge in [0.1, 0.15) is 5.03 Å². The summed E-state index contributed by atoms with van der Waals surface area (Å²) in [6.45, 7) is 0. The van der Waals surface area contributed by atoms with Crippen LogP contribution < -0.4 is 5.73 Å². The molecule has 1 heterocycles. The Morgan fingerprint density at radius 1 is 1.00 bits per heavy atom. The molecule has 0 atom stereocenters. The minimum atomic E-state index is -4.47. The number of aromatic nitrogens is 2. The van der Waals surface area contributed by atoms with E-state index < -0.39 is 11.9 Å². The number of anilines is 1. The molecular weight excluding hydrogens is 263 g/mol. The van der Waals surface area contributed by atoms with E-state index in [4.69, 9.17) is 5.73 Å². The van der Waals surface area contributed by atoms with Crippen LogP contribution in [-0.2, 0) is 6.18 Å². The lowest BCUT2D eigenvalue weighted by atomic mass is 10.3. The molecule has 0 saturated carbocycles. The first kappa shape index (κ1) is 12.7. The highest BCUT2D eigenvalue weighted by molar-refractivity contribution is 7.99. The number of halogens is 3. The summed E-state index contributed by atoms with van der Waals surface area (Å²) in [6.07, 6.45) is -4.47. The second-order valence-corrected chi connectivity index (χ2v) is 4.46. The summed E-state index contributed by atoms with van der Waals surface area (Å²) in [6, 6.07) is 9.20. The van der Waals surface area contributed by atoms with Gasteiger partial charge in [0, 0.05) is 10.6 Å². The van der Waals surface area contributed by atoms with Gasteiger partial charge in [0.05, 0.1) is 0 Å². The first-order valence-corrected chi connectivity index (χ1v) is 5.72. The number of benzene rings is 1. The summed E-state index contributed by atoms with van der Waals surface area (Å²) >= 11 is 1.17. The predicted molar refractivity (Wildman–Crippen MR) is 62.0 cm³/mol. The van der Waals surface area contributed by atoms with Gasteiger partial charge in [-0.15, -0.1) is 10.2 Å². The lowest BCUT2D eigenvalue weighted by molar-refractivity contribution is -0.141. The molecule has 0 aliphatic heterocycles. The maximum atomic E-state index is 12.3. The van der Waals surface area contributed by atoms with Gasteiger partial charge in [0.2, 0.25) is 0 Å². The summed E-state index contributed by atoms with van der Waals surface area (Å²) < 4.78 is 36.8. The highest BCUT2D eigenvalue weighted by atomic mass is 32.2. The van der Waals surface area contributed by atoms with Gasteiger partial charge in [0.25, 0.3) is 0 Å². The van der Waals surface area contributed by atoms with Crippen molar-refractivity contribution in [1.29, 1.82) is 0 Å². The molecule has 94 valence electrons. The summed E-state index contributed by atoms with van der Waals surface area (Å²) in [4.78, 5) is 0.728. The van der Waals surface area contributed by atoms with E-state index in [1.165, 1.54) is 17.8 Å². The largest absolute Gasteiger partial charge is 0.435 e. The van der Waals surface area contributed by atoms with E-state index in [1.807, 2.05) is 0 Å². The standard InChI is InChI=1S/C11H8F3N3S/c12-11(13,14)9-5-6-10(17-16-9)18-8-4-2-1-3-7(8)15/h1-6H,15H2. The van der Waals surface area contributed by atoms with Crippen molar-refractivity contribution in [1.82, 2.24) is 10.2 Å². The van der Waals surface area contributed by atoms with Crippen molar-refractivity contribution in [3.05, 3.63) is 42.1 Å². The lowest BCUT2D eigenvalue weighted by Crippen LogP contribution is -2.08. The molecule has 2 aromatic rings. The van der Waals surface area contributed by atoms with Gasteiger partial charge in [-0.2, -0.15) is 13.2 Å². The molecule has 0 fully saturated rings. The van der Waals surface area contributed by atoms with Gasteiger partial charge in [-0.1, -0.05) is 23.9 Å². The minimum absolute atomic E-state index is 0.362. The average Bonchev–Trinajstić information content (AvgIpc) is 2.32. The van der Waals surface area contributed by atoms with Crippen LogP contribution in [0.1, 0.15) is 5.69 Å². The summed E-state index contributed by atoms with van der Waals surface area (Å²) in [5.41, 5.74) is 5.26. The molecule has 1 aromatic heterocycles. The number of hydrogen-bond donors (Lipinski definition) is 1. The maximum absolute atomic E-state index is 12.3. The van der Waals surface area contributed by atoms with E-state index in [2.05, 4.69) is 10.2 Å². The van der Waals surface area contributed by atoms with Crippen molar-refractivity contribution in [3.63, 3.8) is 0 Å². The molecule has 0 amide bonds. The SMILES string of the molecule is Nc1ccccc1Sc1ccc(C(F)(F)F)nn1. The average molecular weight is 271 g/mol. The first-order valence-electron chi connectivity index (χ1n) is 4.90. The van der Waals surface area contributed by atoms with E-state index in [1.54, 1.807) is 24.3 Å². The second kappa shape index (κ2) is 4.85. The van der Waals surface area contributed by atoms with E-state index in [-0.39, 0.29) is 0 Å². The fourth-order valence-corrected chi connectivity index (χ4v) is 1.99. The summed E-state index contributed by atoms with van der Waals surface area (Å²) in [5, 5.41) is 7.02. The van der Waals surface area contributed by atoms with Gasteiger partial charge in [-0.25, -0.2) is 0 Å². The fourth-order valence-electron chi connectivity index (χ4n) is 1.21. The molecule has 2 rings (SSSR count). The van der Waals surface area contributed by atoms with Crippen molar-refractivity contribution >= 4 is 17.4 Å². The van der Waals surface area contributed by atoms with Gasteiger partial charge >= 0.3 is 6.18 Å². The number of para-hydroxylation sites is 1. The quantitative estimate of drug-likeness (QED) is 0.852. The third-order valence-corrected chi connectivity index (χ3v) is 3.08. The summed E-state index contributed by atoms with van der Waals surface area (Å²) in [5.74, 6) is 0. The Balaban J connectivity index is 2.19. The van der Waals surface area contributed by atoms with Crippen LogP contribution in [0.15, 0.2) is 46.3 Å². The number of nitrogen functional groups attached to an aromatic ring is 1. The van der Waals surface area contributed by atoms with Gasteiger partial charge in [-0.3, -0.25) is 0 Å². The first-order chi connectivity index (χ1) is 8.47. The molecule has 0 spiro atoms. The van der Waals surface area contributed by atoms with Gasteiger partial charge < -0.3 is 5.73 Å². The van der Waals surface area contributed by atoms with Crippen molar-refractivity contribution in [3.8, 4) is 0 Å². The molecule has 0 aliphatic carbocycles. The maximum Gasteiger partial charge on any atom is 0.435 e. The zero-order valence-electron chi connectivity index (χ0n) is 8.98. The smallest absolute Gasteiger partial charge is 0.398 e. The van der Waals surface area contributed by atoms with Gasteiger partial charge in [-0.05, 0) is 24.3 Å². The van der Waals surface area contributed by atoms with Crippen molar-refractivity contribution in [2.24, 2.45) is 0 Å². The van der Waals surface area contributed by atoms with Crippen LogP contribution in [0.5, 0.6) is 0 Å². The normalized spacial score (nSPS) is 11.5. The van der Waals surface area contributed by atoms with Crippen LogP contribution in [0.25, 0.3) is 0 Å². The Bertz CT molecular complexity index is 540. The highest BCUT2D eigenvalue weighted by Crippen LogP contribution is 2.32. The Morgan fingerprint density at radius 2 is 1.72 bits per heavy atom. The van der Waals surface area contributed by atoms with Crippen LogP contribution in [0.4, 0.5) is 18.9 Å². The number of hydrogen-bond acceptors (Lipinski definition) is 4. The van der Waals surface area contributed by atoms with Crippen molar-refractivity contribution in [2.75, 3.05) is 5.73 Å². The van der Waals surface area contributed by atoms with Crippen LogP contribution in [-0.4, -0.2) is 10.2 Å². The Hall–Kier alpha value is -1.76. The van der Waals surface area contributed by atoms with Crippen LogP contribution in [0.3, 0.4) is 0 Å². The van der Waals surface area contributed by atoms with E-state index in [0.29, 0.717) is 10.7 Å². The Labute approximate surface area is 105 Å². The zero-order chi connectivity index (χ0) is 13.2. The van der Waals surface area contributed by atoms with E-state index in [9.17, 15) is 13.2 Å². The molecular formula is C11H8F3N3S. The molecule has 2 N–H and O–H groups in total. The highest BCUT2D eigenvalue weighted by Gasteiger charge is 2.32. The van der Waals surface area contributed by atoms with Crippen molar-refractivity contribution in [2.45, 2.75) is 16.1 Å². The van der Waals surface area contributed by atoms with Crippen LogP contribution in [0, 0.1) is 0 Å². The van der Waals surface area contributed by atoms with Crippen LogP contribution >= 0.6 is 11.8 Å². The fraction of sp³-hybridized carbons (Fsp3) is 0.0909. The summed E-state index contributed by atoms with van der Waals surface area (Å²) in [7, 11) is 0. The molecule has 1 aromatic carbocycles. The van der Waals surface area contributed by atoms with Crippen molar-refractivity contribution < 1.29 is 13.2 Å². The molecule has 18 heavy (non-hydrogen) atoms. The molecule has 0 radical (unpaired) electrons. The zero-order valence-corrected chi connectivity index (χ0v) is 9.79. The third-order valence-electron chi connectivity index (χ3n) is 2.06. The lowest BCUT2D eigenvalue weighted by Gasteiger charge is -2.06. The molecule has 0 saturated heterocycles. The predicted octanol–water partition coefficient (Wildman–Crippen LogP) is 3.23. The molecule has 3 nitrogen and oxygen atoms in total. The topological polar surface area (TPSA) is 51.8 Å². The van der Waals surface area contributed by atoms with Crippen LogP contribution in [0.2, 0.25) is 0 Å².